The van der Waals surface area contributed by atoms with Crippen molar-refractivity contribution >= 4 is 35.1 Å². The summed E-state index contributed by atoms with van der Waals surface area (Å²) in [6, 6.07) is 18.6. The third kappa shape index (κ3) is 6.00. The zero-order valence-electron chi connectivity index (χ0n) is 23.1. The van der Waals surface area contributed by atoms with Crippen LogP contribution in [-0.4, -0.2) is 66.3 Å². The summed E-state index contributed by atoms with van der Waals surface area (Å²) in [6.07, 6.45) is -1.66. The third-order valence-electron chi connectivity index (χ3n) is 7.36. The summed E-state index contributed by atoms with van der Waals surface area (Å²) >= 11 is 0. The Labute approximate surface area is 245 Å². The second kappa shape index (κ2) is 11.7. The molecule has 0 aliphatic carbocycles. The zero-order chi connectivity index (χ0) is 30.8. The first-order chi connectivity index (χ1) is 20.5. The van der Waals surface area contributed by atoms with Crippen molar-refractivity contribution in [1.82, 2.24) is 14.4 Å². The standard InChI is InChI=1S/C31H27F3N4O5/c1-35-25-14-12-23(13-15-25)29(41)37-18-24-6-2-3-7-26(24)38(27(39)19-37,43-30(42)31(32,33)34)20-21-8-10-22(11-9-21)28(40)36-16-4-5-17-36/h2-15H,16-20H2,1H3/p+1. The number of carbonyl (C=O) groups excluding carboxylic acids is 4. The van der Waals surface area contributed by atoms with Crippen molar-refractivity contribution in [3.8, 4) is 0 Å². The number of benzene rings is 3. The minimum atomic E-state index is -5.39. The Morgan fingerprint density at radius 2 is 1.42 bits per heavy atom. The number of hydrogen-bond donors (Lipinski definition) is 1. The summed E-state index contributed by atoms with van der Waals surface area (Å²) in [5.41, 5.74) is 2.04. The van der Waals surface area contributed by atoms with Crippen molar-refractivity contribution in [3.63, 3.8) is 0 Å². The molecule has 0 aromatic heterocycles. The van der Waals surface area contributed by atoms with Crippen LogP contribution in [0.1, 0.15) is 31.8 Å². The van der Waals surface area contributed by atoms with E-state index in [0.29, 0.717) is 29.8 Å². The Balaban J connectivity index is 1.53. The van der Waals surface area contributed by atoms with Crippen molar-refractivity contribution in [2.24, 2.45) is 0 Å². The van der Waals surface area contributed by atoms with Gasteiger partial charge in [-0.25, -0.2) is 9.59 Å². The van der Waals surface area contributed by atoms with E-state index in [-0.39, 0.29) is 23.7 Å². The van der Waals surface area contributed by atoms with E-state index >= 15 is 0 Å². The monoisotopic (exact) mass is 593 g/mol. The van der Waals surface area contributed by atoms with Crippen LogP contribution in [-0.2, 0) is 27.5 Å². The van der Waals surface area contributed by atoms with Crippen molar-refractivity contribution in [2.75, 3.05) is 32.0 Å². The fourth-order valence-corrected chi connectivity index (χ4v) is 5.11. The van der Waals surface area contributed by atoms with Gasteiger partial charge in [-0.1, -0.05) is 42.5 Å². The molecular formula is C31H28F3N4O5+. The minimum absolute atomic E-state index is 0.00535. The molecule has 2 aliphatic heterocycles. The number of nitrogens with one attached hydrogen (secondary N) is 1. The van der Waals surface area contributed by atoms with Gasteiger partial charge in [-0.05, 0) is 41.0 Å². The fraction of sp³-hybridized carbons (Fsp3) is 0.226. The molecule has 5 rings (SSSR count). The summed E-state index contributed by atoms with van der Waals surface area (Å²) in [5.74, 6) is -4.25. The summed E-state index contributed by atoms with van der Waals surface area (Å²) in [6.45, 7) is -0.321. The largest absolute Gasteiger partial charge is 0.497 e. The lowest BCUT2D eigenvalue weighted by atomic mass is 10.1. The number of nitrogens with zero attached hydrogens (tertiary/aromatic N) is 3. The SMILES string of the molecule is CNc1ccc(C(=O)N2CC(=O)[N+](Cc3ccc(C(=O)N4CC=CC4)cc3)(OC(=O)C(F)(F)F)c3ccccc3C2)cc1. The lowest BCUT2D eigenvalue weighted by molar-refractivity contribution is -0.235. The molecule has 0 saturated heterocycles. The maximum atomic E-state index is 14.0. The molecule has 1 atom stereocenters. The number of para-hydroxylation sites is 1. The van der Waals surface area contributed by atoms with E-state index in [1.54, 1.807) is 48.3 Å². The maximum Gasteiger partial charge on any atom is 0.497 e. The van der Waals surface area contributed by atoms with Crippen LogP contribution in [0.5, 0.6) is 0 Å². The molecule has 0 spiro atoms. The Hall–Kier alpha value is -4.97. The zero-order valence-corrected chi connectivity index (χ0v) is 23.1. The molecule has 3 aromatic carbocycles. The summed E-state index contributed by atoms with van der Waals surface area (Å²) < 4.78 is 39.3. The van der Waals surface area contributed by atoms with Crippen LogP contribution >= 0.6 is 0 Å². The molecule has 43 heavy (non-hydrogen) atoms. The van der Waals surface area contributed by atoms with Gasteiger partial charge in [0.1, 0.15) is 6.54 Å². The molecule has 3 amide bonds. The van der Waals surface area contributed by atoms with Crippen LogP contribution in [0.15, 0.2) is 84.9 Å². The Kier molecular flexibility index (Phi) is 8.05. The van der Waals surface area contributed by atoms with Gasteiger partial charge >= 0.3 is 18.1 Å². The Bertz CT molecular complexity index is 1580. The molecule has 3 aromatic rings. The average molecular weight is 594 g/mol. The number of rotatable bonds is 6. The molecule has 0 saturated carbocycles. The highest BCUT2D eigenvalue weighted by Crippen LogP contribution is 2.37. The lowest BCUT2D eigenvalue weighted by Gasteiger charge is -2.31. The fourth-order valence-electron chi connectivity index (χ4n) is 5.11. The van der Waals surface area contributed by atoms with E-state index in [1.807, 2.05) is 12.2 Å². The van der Waals surface area contributed by atoms with Gasteiger partial charge in [0, 0.05) is 54.1 Å². The molecule has 222 valence electrons. The van der Waals surface area contributed by atoms with Crippen molar-refractivity contribution in [3.05, 3.63) is 107 Å². The van der Waals surface area contributed by atoms with Crippen molar-refractivity contribution in [2.45, 2.75) is 19.3 Å². The summed E-state index contributed by atoms with van der Waals surface area (Å²) in [4.78, 5) is 60.5. The first-order valence-electron chi connectivity index (χ1n) is 13.4. The second-order valence-electron chi connectivity index (χ2n) is 10.2. The molecule has 0 radical (unpaired) electrons. The topological polar surface area (TPSA) is 96.0 Å². The Morgan fingerprint density at radius 3 is 2.02 bits per heavy atom. The van der Waals surface area contributed by atoms with Crippen molar-refractivity contribution < 1.29 is 37.2 Å². The van der Waals surface area contributed by atoms with Gasteiger partial charge in [0.2, 0.25) is 0 Å². The highest BCUT2D eigenvalue weighted by atomic mass is 19.4. The van der Waals surface area contributed by atoms with Gasteiger partial charge in [-0.3, -0.25) is 14.4 Å². The lowest BCUT2D eigenvalue weighted by Crippen LogP contribution is -2.58. The average Bonchev–Trinajstić information content (AvgIpc) is 3.51. The minimum Gasteiger partial charge on any atom is -0.388 e. The summed E-state index contributed by atoms with van der Waals surface area (Å²) in [7, 11) is 1.72. The van der Waals surface area contributed by atoms with Crippen LogP contribution < -0.4 is 9.96 Å². The molecule has 9 nitrogen and oxygen atoms in total. The molecule has 1 N–H and O–H groups in total. The maximum absolute atomic E-state index is 14.0. The van der Waals surface area contributed by atoms with E-state index in [4.69, 9.17) is 4.84 Å². The van der Waals surface area contributed by atoms with Crippen LogP contribution in [0.25, 0.3) is 0 Å². The number of fused-ring (bicyclic) bond motifs is 1. The first-order valence-corrected chi connectivity index (χ1v) is 13.4. The van der Waals surface area contributed by atoms with Crippen molar-refractivity contribution in [1.29, 1.82) is 0 Å². The molecule has 12 heteroatoms. The van der Waals surface area contributed by atoms with Gasteiger partial charge < -0.3 is 15.1 Å². The van der Waals surface area contributed by atoms with E-state index in [0.717, 1.165) is 5.69 Å². The third-order valence-corrected chi connectivity index (χ3v) is 7.36. The van der Waals surface area contributed by atoms with Crippen LogP contribution in [0.4, 0.5) is 24.5 Å². The molecular weight excluding hydrogens is 565 g/mol. The molecule has 2 heterocycles. The van der Waals surface area contributed by atoms with Gasteiger partial charge in [-0.15, -0.1) is 0 Å². The van der Waals surface area contributed by atoms with Crippen LogP contribution in [0, 0.1) is 0 Å². The van der Waals surface area contributed by atoms with E-state index < -0.39 is 41.7 Å². The van der Waals surface area contributed by atoms with E-state index in [2.05, 4.69) is 5.32 Å². The van der Waals surface area contributed by atoms with Gasteiger partial charge in [0.15, 0.2) is 12.2 Å². The number of anilines is 1. The van der Waals surface area contributed by atoms with Crippen LogP contribution in [0.2, 0.25) is 0 Å². The predicted octanol–water partition coefficient (Wildman–Crippen LogP) is 4.45. The number of hydrogen-bond acceptors (Lipinski definition) is 6. The molecule has 2 aliphatic rings. The number of quaternary nitrogens is 1. The van der Waals surface area contributed by atoms with E-state index in [1.165, 1.54) is 41.3 Å². The normalized spacial score (nSPS) is 18.2. The summed E-state index contributed by atoms with van der Waals surface area (Å²) in [5, 5.41) is 2.94. The quantitative estimate of drug-likeness (QED) is 0.335. The van der Waals surface area contributed by atoms with Gasteiger partial charge in [-0.2, -0.15) is 13.2 Å². The number of carbonyl (C=O) groups is 4. The second-order valence-corrected chi connectivity index (χ2v) is 10.2. The van der Waals surface area contributed by atoms with Crippen LogP contribution in [0.3, 0.4) is 0 Å². The molecule has 1 unspecified atom stereocenters. The molecule has 0 bridgehead atoms. The smallest absolute Gasteiger partial charge is 0.388 e. The van der Waals surface area contributed by atoms with E-state index in [9.17, 15) is 32.3 Å². The van der Waals surface area contributed by atoms with Gasteiger partial charge in [0.25, 0.3) is 11.8 Å². The number of hydroxylamine groups is 2. The highest BCUT2D eigenvalue weighted by molar-refractivity contribution is 6.00. The number of halogens is 3. The number of amides is 3. The number of alkyl halides is 3. The highest BCUT2D eigenvalue weighted by Gasteiger charge is 2.55. The Morgan fingerprint density at radius 1 is 0.837 bits per heavy atom. The molecule has 0 fully saturated rings. The van der Waals surface area contributed by atoms with Gasteiger partial charge in [0.05, 0.1) is 6.54 Å². The predicted molar refractivity (Wildman–Crippen MR) is 151 cm³/mol. The first kappa shape index (κ1) is 29.5.